The highest BCUT2D eigenvalue weighted by Crippen LogP contribution is 2.40. The SMILES string of the molecule is CCC1CC1NC(=O)C1(C(N)=NO)CCCC1. The molecule has 0 bridgehead atoms. The van der Waals surface area contributed by atoms with Gasteiger partial charge in [0.2, 0.25) is 5.91 Å². The van der Waals surface area contributed by atoms with Crippen LogP contribution in [-0.4, -0.2) is 23.0 Å². The predicted molar refractivity (Wildman–Crippen MR) is 64.6 cm³/mol. The molecule has 5 heteroatoms. The lowest BCUT2D eigenvalue weighted by molar-refractivity contribution is -0.127. The molecule has 0 aromatic heterocycles. The zero-order chi connectivity index (χ0) is 12.5. The van der Waals surface area contributed by atoms with Crippen molar-refractivity contribution in [2.45, 2.75) is 51.5 Å². The molecule has 0 radical (unpaired) electrons. The minimum atomic E-state index is -0.754. The van der Waals surface area contributed by atoms with Crippen molar-refractivity contribution in [1.29, 1.82) is 0 Å². The summed E-state index contributed by atoms with van der Waals surface area (Å²) in [7, 11) is 0. The summed E-state index contributed by atoms with van der Waals surface area (Å²) in [5.41, 5.74) is 4.96. The molecule has 0 aliphatic heterocycles. The predicted octanol–water partition coefficient (Wildman–Crippen LogP) is 1.21. The monoisotopic (exact) mass is 239 g/mol. The molecule has 2 saturated carbocycles. The molecule has 0 spiro atoms. The number of carbonyl (C=O) groups excluding carboxylic acids is 1. The quantitative estimate of drug-likeness (QED) is 0.298. The van der Waals surface area contributed by atoms with Crippen molar-refractivity contribution in [3.8, 4) is 0 Å². The van der Waals surface area contributed by atoms with E-state index in [9.17, 15) is 4.79 Å². The average molecular weight is 239 g/mol. The molecule has 2 atom stereocenters. The Morgan fingerprint density at radius 3 is 2.65 bits per heavy atom. The first-order chi connectivity index (χ1) is 8.14. The molecule has 2 aliphatic carbocycles. The van der Waals surface area contributed by atoms with Gasteiger partial charge in [-0.3, -0.25) is 4.79 Å². The van der Waals surface area contributed by atoms with Crippen LogP contribution in [0, 0.1) is 11.3 Å². The third kappa shape index (κ3) is 2.10. The molecule has 2 unspecified atom stereocenters. The second-order valence-corrected chi connectivity index (χ2v) is 5.26. The smallest absolute Gasteiger partial charge is 0.234 e. The van der Waals surface area contributed by atoms with Crippen LogP contribution >= 0.6 is 0 Å². The van der Waals surface area contributed by atoms with Crippen molar-refractivity contribution >= 4 is 11.7 Å². The number of oxime groups is 1. The van der Waals surface area contributed by atoms with Crippen LogP contribution in [0.3, 0.4) is 0 Å². The van der Waals surface area contributed by atoms with Crippen LogP contribution in [0.15, 0.2) is 5.16 Å². The van der Waals surface area contributed by atoms with Gasteiger partial charge in [-0.25, -0.2) is 0 Å². The number of hydrogen-bond donors (Lipinski definition) is 3. The van der Waals surface area contributed by atoms with Gasteiger partial charge in [-0.1, -0.05) is 31.3 Å². The minimum Gasteiger partial charge on any atom is -0.409 e. The number of nitrogens with one attached hydrogen (secondary N) is 1. The van der Waals surface area contributed by atoms with Gasteiger partial charge in [-0.2, -0.15) is 0 Å². The molecular formula is C12H21N3O2. The van der Waals surface area contributed by atoms with Crippen molar-refractivity contribution in [2.75, 3.05) is 0 Å². The number of amides is 1. The maximum absolute atomic E-state index is 12.3. The number of carbonyl (C=O) groups is 1. The number of nitrogens with two attached hydrogens (primary N) is 1. The molecule has 96 valence electrons. The first-order valence-electron chi connectivity index (χ1n) is 6.43. The van der Waals surface area contributed by atoms with E-state index in [1.165, 1.54) is 0 Å². The lowest BCUT2D eigenvalue weighted by Gasteiger charge is -2.26. The van der Waals surface area contributed by atoms with Gasteiger partial charge < -0.3 is 16.3 Å². The molecular weight excluding hydrogens is 218 g/mol. The van der Waals surface area contributed by atoms with Gasteiger partial charge in [0.05, 0.1) is 0 Å². The van der Waals surface area contributed by atoms with Crippen LogP contribution in [0.2, 0.25) is 0 Å². The summed E-state index contributed by atoms with van der Waals surface area (Å²) in [6.45, 7) is 2.13. The summed E-state index contributed by atoms with van der Waals surface area (Å²) in [4.78, 5) is 12.3. The lowest BCUT2D eigenvalue weighted by Crippen LogP contribution is -2.49. The summed E-state index contributed by atoms with van der Waals surface area (Å²) in [5.74, 6) is 0.636. The molecule has 5 nitrogen and oxygen atoms in total. The molecule has 2 fully saturated rings. The topological polar surface area (TPSA) is 87.7 Å². The van der Waals surface area contributed by atoms with Gasteiger partial charge >= 0.3 is 0 Å². The van der Waals surface area contributed by atoms with Gasteiger partial charge in [0.1, 0.15) is 5.41 Å². The van der Waals surface area contributed by atoms with Crippen LogP contribution < -0.4 is 11.1 Å². The Morgan fingerprint density at radius 2 is 2.18 bits per heavy atom. The number of nitrogens with zero attached hydrogens (tertiary/aromatic N) is 1. The zero-order valence-corrected chi connectivity index (χ0v) is 10.3. The van der Waals surface area contributed by atoms with E-state index in [0.717, 1.165) is 25.7 Å². The van der Waals surface area contributed by atoms with Gasteiger partial charge in [0.15, 0.2) is 5.84 Å². The Labute approximate surface area is 101 Å². The Kier molecular flexibility index (Phi) is 3.26. The van der Waals surface area contributed by atoms with E-state index in [-0.39, 0.29) is 11.7 Å². The maximum atomic E-state index is 12.3. The summed E-state index contributed by atoms with van der Waals surface area (Å²) in [6, 6.07) is 0.302. The molecule has 1 amide bonds. The lowest BCUT2D eigenvalue weighted by atomic mass is 9.83. The van der Waals surface area contributed by atoms with E-state index in [0.29, 0.717) is 24.8 Å². The molecule has 0 heterocycles. The van der Waals surface area contributed by atoms with E-state index >= 15 is 0 Å². The second-order valence-electron chi connectivity index (χ2n) is 5.26. The Bertz CT molecular complexity index is 335. The van der Waals surface area contributed by atoms with Crippen molar-refractivity contribution in [3.63, 3.8) is 0 Å². The zero-order valence-electron chi connectivity index (χ0n) is 10.3. The van der Waals surface area contributed by atoms with Crippen LogP contribution in [0.4, 0.5) is 0 Å². The first kappa shape index (κ1) is 12.2. The molecule has 0 aromatic carbocycles. The largest absolute Gasteiger partial charge is 0.409 e. The number of hydrogen-bond acceptors (Lipinski definition) is 3. The van der Waals surface area contributed by atoms with Crippen molar-refractivity contribution in [2.24, 2.45) is 22.2 Å². The van der Waals surface area contributed by atoms with Gasteiger partial charge in [0, 0.05) is 6.04 Å². The number of rotatable bonds is 4. The summed E-state index contributed by atoms with van der Waals surface area (Å²) in [5, 5.41) is 14.9. The van der Waals surface area contributed by atoms with Crippen molar-refractivity contribution < 1.29 is 10.0 Å². The minimum absolute atomic E-state index is 0.0498. The van der Waals surface area contributed by atoms with Gasteiger partial charge in [-0.15, -0.1) is 0 Å². The first-order valence-corrected chi connectivity index (χ1v) is 6.43. The summed E-state index contributed by atoms with van der Waals surface area (Å²) < 4.78 is 0. The number of amidine groups is 1. The highest BCUT2D eigenvalue weighted by Gasteiger charge is 2.48. The average Bonchev–Trinajstić information content (AvgIpc) is 2.90. The molecule has 2 rings (SSSR count). The Morgan fingerprint density at radius 1 is 1.53 bits per heavy atom. The van der Waals surface area contributed by atoms with E-state index in [2.05, 4.69) is 17.4 Å². The summed E-state index contributed by atoms with van der Waals surface area (Å²) in [6.07, 6.45) is 5.48. The van der Waals surface area contributed by atoms with Crippen LogP contribution in [-0.2, 0) is 4.79 Å². The molecule has 0 saturated heterocycles. The molecule has 4 N–H and O–H groups in total. The molecule has 17 heavy (non-hydrogen) atoms. The molecule has 2 aliphatic rings. The molecule has 0 aromatic rings. The van der Waals surface area contributed by atoms with Crippen molar-refractivity contribution in [3.05, 3.63) is 0 Å². The van der Waals surface area contributed by atoms with Crippen LogP contribution in [0.25, 0.3) is 0 Å². The van der Waals surface area contributed by atoms with Gasteiger partial charge in [-0.05, 0) is 25.2 Å². The third-order valence-electron chi connectivity index (χ3n) is 4.25. The van der Waals surface area contributed by atoms with Crippen LogP contribution in [0.5, 0.6) is 0 Å². The normalized spacial score (nSPS) is 31.2. The fourth-order valence-electron chi connectivity index (χ4n) is 2.86. The van der Waals surface area contributed by atoms with E-state index in [1.54, 1.807) is 0 Å². The highest BCUT2D eigenvalue weighted by molar-refractivity contribution is 6.07. The van der Waals surface area contributed by atoms with Crippen LogP contribution in [0.1, 0.15) is 45.4 Å². The summed E-state index contributed by atoms with van der Waals surface area (Å²) >= 11 is 0. The maximum Gasteiger partial charge on any atom is 0.234 e. The highest BCUT2D eigenvalue weighted by atomic mass is 16.4. The van der Waals surface area contributed by atoms with E-state index in [1.807, 2.05) is 0 Å². The fraction of sp³-hybridized carbons (Fsp3) is 0.833. The fourth-order valence-corrected chi connectivity index (χ4v) is 2.86. The Hall–Kier alpha value is -1.26. The van der Waals surface area contributed by atoms with E-state index in [4.69, 9.17) is 10.9 Å². The Balaban J connectivity index is 2.04. The second kappa shape index (κ2) is 4.55. The van der Waals surface area contributed by atoms with E-state index < -0.39 is 5.41 Å². The third-order valence-corrected chi connectivity index (χ3v) is 4.25. The standard InChI is InChI=1S/C12H21N3O2/c1-2-8-7-9(8)14-11(16)12(10(13)15-17)5-3-4-6-12/h8-9,17H,2-7H2,1H3,(H2,13,15)(H,14,16). The van der Waals surface area contributed by atoms with Crippen molar-refractivity contribution in [1.82, 2.24) is 5.32 Å². The van der Waals surface area contributed by atoms with Gasteiger partial charge in [0.25, 0.3) is 0 Å².